The number of hydrogen-bond donors (Lipinski definition) is 1. The van der Waals surface area contributed by atoms with E-state index in [9.17, 15) is 4.79 Å². The summed E-state index contributed by atoms with van der Waals surface area (Å²) in [5.41, 5.74) is 1.34. The Hall–Kier alpha value is -1.71. The zero-order valence-electron chi connectivity index (χ0n) is 5.61. The van der Waals surface area contributed by atoms with Gasteiger partial charge in [0.05, 0.1) is 18.1 Å². The molecule has 0 bridgehead atoms. The minimum atomic E-state index is -0.215. The lowest BCUT2D eigenvalue weighted by Crippen LogP contribution is -1.99. The van der Waals surface area contributed by atoms with E-state index in [1.807, 2.05) is 0 Å². The number of H-pyrrole nitrogens is 1. The summed E-state index contributed by atoms with van der Waals surface area (Å²) >= 11 is 0. The topological polar surface area (TPSA) is 58.6 Å². The van der Waals surface area contributed by atoms with Gasteiger partial charge in [0.1, 0.15) is 0 Å². The summed E-state index contributed by atoms with van der Waals surface area (Å²) in [4.78, 5) is 21.1. The Morgan fingerprint density at radius 3 is 2.64 bits per heavy atom. The highest BCUT2D eigenvalue weighted by molar-refractivity contribution is 5.56. The van der Waals surface area contributed by atoms with Crippen molar-refractivity contribution in [1.29, 1.82) is 0 Å². The molecule has 2 aliphatic heterocycles. The van der Waals surface area contributed by atoms with Crippen LogP contribution in [0.1, 0.15) is 0 Å². The number of hydrogen-bond acceptors (Lipinski definition) is 3. The molecule has 0 spiro atoms. The zero-order valence-corrected chi connectivity index (χ0v) is 5.61. The van der Waals surface area contributed by atoms with Crippen LogP contribution in [0, 0.1) is 0 Å². The van der Waals surface area contributed by atoms with E-state index in [0.717, 1.165) is 5.56 Å². The average molecular weight is 147 g/mol. The van der Waals surface area contributed by atoms with Crippen molar-refractivity contribution < 1.29 is 0 Å². The van der Waals surface area contributed by atoms with Gasteiger partial charge in [0.2, 0.25) is 0 Å². The second-order valence-corrected chi connectivity index (χ2v) is 2.17. The Kier molecular flexibility index (Phi) is 1.18. The first-order chi connectivity index (χ1) is 5.36. The van der Waals surface area contributed by atoms with Crippen LogP contribution in [0.3, 0.4) is 0 Å². The fraction of sp³-hybridized carbons (Fsp3) is 0. The molecule has 0 fully saturated rings. The molecule has 0 amide bonds. The summed E-state index contributed by atoms with van der Waals surface area (Å²) in [7, 11) is 0. The van der Waals surface area contributed by atoms with Crippen LogP contribution in [-0.2, 0) is 0 Å². The summed E-state index contributed by atoms with van der Waals surface area (Å²) in [5.74, 6) is 0. The highest BCUT2D eigenvalue weighted by atomic mass is 16.1. The molecule has 4 heteroatoms. The van der Waals surface area contributed by atoms with Gasteiger partial charge in [-0.25, -0.2) is 0 Å². The third-order valence-corrected chi connectivity index (χ3v) is 1.39. The number of aromatic nitrogens is 3. The Morgan fingerprint density at radius 2 is 1.82 bits per heavy atom. The number of nitrogens with zero attached hydrogens (tertiary/aromatic N) is 2. The molecule has 0 aromatic heterocycles. The van der Waals surface area contributed by atoms with E-state index in [1.54, 1.807) is 18.6 Å². The lowest BCUT2D eigenvalue weighted by atomic mass is 10.3. The molecule has 0 aliphatic carbocycles. The van der Waals surface area contributed by atoms with Crippen LogP contribution in [0.15, 0.2) is 29.6 Å². The molecule has 2 rings (SSSR count). The predicted molar refractivity (Wildman–Crippen MR) is 39.3 cm³/mol. The van der Waals surface area contributed by atoms with E-state index in [2.05, 4.69) is 15.0 Å². The molecule has 4 nitrogen and oxygen atoms in total. The number of nitrogens with one attached hydrogen (secondary N) is 1. The molecule has 0 atom stereocenters. The molecular formula is C7H5N3O. The second-order valence-electron chi connectivity index (χ2n) is 2.17. The fourth-order valence-electron chi connectivity index (χ4n) is 0.894. The molecule has 0 radical (unpaired) electrons. The Morgan fingerprint density at radius 1 is 1.09 bits per heavy atom. The number of aromatic amines is 1. The minimum absolute atomic E-state index is 0.215. The van der Waals surface area contributed by atoms with Crippen LogP contribution < -0.4 is 5.56 Å². The van der Waals surface area contributed by atoms with E-state index in [4.69, 9.17) is 0 Å². The van der Waals surface area contributed by atoms with Gasteiger partial charge in [0, 0.05) is 18.0 Å². The number of fused-ring (bicyclic) bond motifs is 1. The smallest absolute Gasteiger partial charge is 0.266 e. The molecule has 0 unspecified atom stereocenters. The lowest BCUT2D eigenvalue weighted by Gasteiger charge is -1.83. The van der Waals surface area contributed by atoms with Crippen LogP contribution in [0.5, 0.6) is 0 Å². The molecule has 11 heavy (non-hydrogen) atoms. The van der Waals surface area contributed by atoms with E-state index in [1.165, 1.54) is 6.20 Å². The van der Waals surface area contributed by atoms with Crippen molar-refractivity contribution in [2.24, 2.45) is 0 Å². The van der Waals surface area contributed by atoms with Gasteiger partial charge in [-0.3, -0.25) is 14.8 Å². The van der Waals surface area contributed by atoms with Crippen molar-refractivity contribution in [3.05, 3.63) is 35.1 Å². The standard InChI is InChI=1S/C7H5N3O/c11-7-4-9-2-5-1-8-3-6(5)10-7/h1-4H,(H,10,11). The molecule has 0 saturated carbocycles. The number of rotatable bonds is 0. The van der Waals surface area contributed by atoms with Crippen molar-refractivity contribution in [2.75, 3.05) is 0 Å². The minimum Gasteiger partial charge on any atom is -0.319 e. The first kappa shape index (κ1) is 6.03. The first-order valence-corrected chi connectivity index (χ1v) is 3.14. The largest absolute Gasteiger partial charge is 0.319 e. The van der Waals surface area contributed by atoms with Crippen LogP contribution in [0.25, 0.3) is 11.3 Å². The van der Waals surface area contributed by atoms with E-state index in [-0.39, 0.29) is 5.56 Å². The molecule has 54 valence electrons. The molecule has 0 aromatic rings. The van der Waals surface area contributed by atoms with Crippen LogP contribution in [0.4, 0.5) is 0 Å². The fourth-order valence-corrected chi connectivity index (χ4v) is 0.894. The lowest BCUT2D eigenvalue weighted by molar-refractivity contribution is 1.23. The van der Waals surface area contributed by atoms with Crippen LogP contribution >= 0.6 is 0 Å². The van der Waals surface area contributed by atoms with E-state index < -0.39 is 0 Å². The Labute approximate surface area is 62.3 Å². The van der Waals surface area contributed by atoms with Crippen molar-refractivity contribution in [3.8, 4) is 11.3 Å². The zero-order chi connectivity index (χ0) is 7.68. The van der Waals surface area contributed by atoms with Crippen molar-refractivity contribution in [1.82, 2.24) is 15.0 Å². The first-order valence-electron chi connectivity index (χ1n) is 3.14. The molecule has 2 heterocycles. The molecule has 0 aromatic carbocycles. The molecule has 2 aliphatic rings. The van der Waals surface area contributed by atoms with Crippen LogP contribution in [0.2, 0.25) is 0 Å². The molecule has 1 N–H and O–H groups in total. The Bertz CT molecular complexity index is 395. The van der Waals surface area contributed by atoms with Gasteiger partial charge in [-0.1, -0.05) is 0 Å². The monoisotopic (exact) mass is 147 g/mol. The quantitative estimate of drug-likeness (QED) is 0.581. The summed E-state index contributed by atoms with van der Waals surface area (Å²) in [5, 5.41) is 0. The summed E-state index contributed by atoms with van der Waals surface area (Å²) in [6.45, 7) is 0. The Balaban J connectivity index is 2.83. The van der Waals surface area contributed by atoms with Gasteiger partial charge >= 0.3 is 0 Å². The van der Waals surface area contributed by atoms with Gasteiger partial charge < -0.3 is 4.98 Å². The third kappa shape index (κ3) is 0.980. The maximum atomic E-state index is 10.8. The van der Waals surface area contributed by atoms with Crippen molar-refractivity contribution >= 4 is 0 Å². The van der Waals surface area contributed by atoms with Crippen LogP contribution in [-0.4, -0.2) is 15.0 Å². The SMILES string of the molecule is O=c1cncc2cncc-2[nH]1. The van der Waals surface area contributed by atoms with Gasteiger partial charge in [-0.05, 0) is 0 Å². The highest BCUT2D eigenvalue weighted by Crippen LogP contribution is 2.12. The van der Waals surface area contributed by atoms with Crippen molar-refractivity contribution in [3.63, 3.8) is 0 Å². The van der Waals surface area contributed by atoms with Gasteiger partial charge in [-0.2, -0.15) is 0 Å². The summed E-state index contributed by atoms with van der Waals surface area (Å²) in [6, 6.07) is 0. The maximum Gasteiger partial charge on any atom is 0.266 e. The van der Waals surface area contributed by atoms with Crippen molar-refractivity contribution in [2.45, 2.75) is 0 Å². The van der Waals surface area contributed by atoms with E-state index in [0.29, 0.717) is 5.69 Å². The summed E-state index contributed by atoms with van der Waals surface area (Å²) < 4.78 is 0. The van der Waals surface area contributed by atoms with Gasteiger partial charge in [0.15, 0.2) is 0 Å². The second kappa shape index (κ2) is 2.16. The predicted octanol–water partition coefficient (Wildman–Crippen LogP) is 0.270. The van der Waals surface area contributed by atoms with E-state index >= 15 is 0 Å². The molecule has 0 saturated heterocycles. The highest BCUT2D eigenvalue weighted by Gasteiger charge is 1.99. The normalized spacial score (nSPS) is 10.2. The molecular weight excluding hydrogens is 142 g/mol. The van der Waals surface area contributed by atoms with Gasteiger partial charge in [0.25, 0.3) is 5.56 Å². The maximum absolute atomic E-state index is 10.8. The summed E-state index contributed by atoms with van der Waals surface area (Å²) in [6.07, 6.45) is 6.08. The average Bonchev–Trinajstić information content (AvgIpc) is 2.31. The third-order valence-electron chi connectivity index (χ3n) is 1.39. The van der Waals surface area contributed by atoms with Gasteiger partial charge in [-0.15, -0.1) is 0 Å².